The molecule has 7 heteroatoms. The van der Waals surface area contributed by atoms with Crippen LogP contribution in [-0.2, 0) is 11.3 Å². The lowest BCUT2D eigenvalue weighted by Crippen LogP contribution is -2.29. The Morgan fingerprint density at radius 1 is 1.14 bits per heavy atom. The summed E-state index contributed by atoms with van der Waals surface area (Å²) in [5.74, 6) is -0.0942. The zero-order chi connectivity index (χ0) is 19.3. The molecule has 0 radical (unpaired) electrons. The van der Waals surface area contributed by atoms with E-state index in [1.807, 2.05) is 24.3 Å². The van der Waals surface area contributed by atoms with Gasteiger partial charge in [-0.15, -0.1) is 0 Å². The van der Waals surface area contributed by atoms with E-state index in [1.54, 1.807) is 6.26 Å². The van der Waals surface area contributed by atoms with Gasteiger partial charge in [-0.05, 0) is 35.9 Å². The van der Waals surface area contributed by atoms with Gasteiger partial charge in [0, 0.05) is 30.8 Å². The van der Waals surface area contributed by atoms with Gasteiger partial charge >= 0.3 is 6.03 Å². The number of halogens is 1. The molecule has 0 bridgehead atoms. The van der Waals surface area contributed by atoms with E-state index in [9.17, 15) is 9.18 Å². The van der Waals surface area contributed by atoms with Crippen LogP contribution in [0.25, 0.3) is 11.0 Å². The largest absolute Gasteiger partial charge is 0.488 e. The summed E-state index contributed by atoms with van der Waals surface area (Å²) in [7, 11) is 0. The van der Waals surface area contributed by atoms with Crippen molar-refractivity contribution < 1.29 is 23.1 Å². The standard InChI is InChI=1S/C21H21FN2O4/c22-16-2-3-18(20(12-16)28-17-6-8-26-9-7-17)24-21(25)23-13-14-1-4-19-15(11-14)5-10-27-19/h1-5,10-12,17H,6-9,13H2,(H2,23,24,25). The maximum atomic E-state index is 13.7. The van der Waals surface area contributed by atoms with E-state index < -0.39 is 11.8 Å². The summed E-state index contributed by atoms with van der Waals surface area (Å²) in [4.78, 5) is 12.3. The van der Waals surface area contributed by atoms with Gasteiger partial charge in [0.05, 0.1) is 25.2 Å². The average Bonchev–Trinajstić information content (AvgIpc) is 3.17. The number of nitrogens with one attached hydrogen (secondary N) is 2. The van der Waals surface area contributed by atoms with Crippen LogP contribution in [0.3, 0.4) is 0 Å². The maximum Gasteiger partial charge on any atom is 0.319 e. The average molecular weight is 384 g/mol. The Morgan fingerprint density at radius 3 is 2.86 bits per heavy atom. The van der Waals surface area contributed by atoms with Crippen LogP contribution in [0.4, 0.5) is 14.9 Å². The number of hydrogen-bond donors (Lipinski definition) is 2. The Labute approximate surface area is 161 Å². The lowest BCUT2D eigenvalue weighted by Gasteiger charge is -2.24. The number of amides is 2. The van der Waals surface area contributed by atoms with Gasteiger partial charge in [0.1, 0.15) is 23.3 Å². The number of hydrogen-bond acceptors (Lipinski definition) is 4. The summed E-state index contributed by atoms with van der Waals surface area (Å²) in [6, 6.07) is 11.3. The topological polar surface area (TPSA) is 72.7 Å². The summed E-state index contributed by atoms with van der Waals surface area (Å²) in [6.07, 6.45) is 3.04. The third-order valence-corrected chi connectivity index (χ3v) is 4.62. The fourth-order valence-corrected chi connectivity index (χ4v) is 3.15. The van der Waals surface area contributed by atoms with E-state index in [0.29, 0.717) is 31.2 Å². The van der Waals surface area contributed by atoms with Crippen molar-refractivity contribution >= 4 is 22.7 Å². The van der Waals surface area contributed by atoms with Crippen molar-refractivity contribution in [1.82, 2.24) is 5.32 Å². The molecule has 0 spiro atoms. The molecule has 3 aromatic rings. The summed E-state index contributed by atoms with van der Waals surface area (Å²) >= 11 is 0. The Hall–Kier alpha value is -3.06. The molecule has 0 unspecified atom stereocenters. The number of urea groups is 1. The van der Waals surface area contributed by atoms with E-state index in [0.717, 1.165) is 29.4 Å². The molecule has 6 nitrogen and oxygen atoms in total. The summed E-state index contributed by atoms with van der Waals surface area (Å²) in [5.41, 5.74) is 2.17. The Balaban J connectivity index is 1.39. The fraction of sp³-hybridized carbons (Fsp3) is 0.286. The molecule has 2 N–H and O–H groups in total. The van der Waals surface area contributed by atoms with Crippen molar-refractivity contribution in [2.75, 3.05) is 18.5 Å². The molecule has 0 atom stereocenters. The zero-order valence-corrected chi connectivity index (χ0v) is 15.2. The summed E-state index contributed by atoms with van der Waals surface area (Å²) in [5, 5.41) is 6.52. The lowest BCUT2D eigenvalue weighted by atomic mass is 10.1. The smallest absolute Gasteiger partial charge is 0.319 e. The SMILES string of the molecule is O=C(NCc1ccc2occc2c1)Nc1ccc(F)cc1OC1CCOCC1. The Bertz CT molecular complexity index is 966. The number of fused-ring (bicyclic) bond motifs is 1. The lowest BCUT2D eigenvalue weighted by molar-refractivity contribution is 0.0257. The summed E-state index contributed by atoms with van der Waals surface area (Å²) < 4.78 is 30.2. The molecule has 0 saturated carbocycles. The number of benzene rings is 2. The van der Waals surface area contributed by atoms with Crippen molar-refractivity contribution in [3.8, 4) is 5.75 Å². The molecule has 1 aliphatic heterocycles. The molecule has 146 valence electrons. The van der Waals surface area contributed by atoms with Crippen LogP contribution in [0.2, 0.25) is 0 Å². The van der Waals surface area contributed by atoms with Gasteiger partial charge in [0.2, 0.25) is 0 Å². The van der Waals surface area contributed by atoms with Gasteiger partial charge in [-0.25, -0.2) is 9.18 Å². The quantitative estimate of drug-likeness (QED) is 0.682. The molecule has 1 saturated heterocycles. The minimum atomic E-state index is -0.415. The molecule has 0 aliphatic carbocycles. The van der Waals surface area contributed by atoms with Gasteiger partial charge in [0.15, 0.2) is 0 Å². The Kier molecular flexibility index (Phi) is 5.43. The third kappa shape index (κ3) is 4.43. The molecule has 2 amide bonds. The van der Waals surface area contributed by atoms with Crippen LogP contribution in [-0.4, -0.2) is 25.3 Å². The van der Waals surface area contributed by atoms with E-state index in [1.165, 1.54) is 18.2 Å². The predicted octanol–water partition coefficient (Wildman–Crippen LogP) is 4.45. The minimum Gasteiger partial charge on any atom is -0.488 e. The maximum absolute atomic E-state index is 13.7. The number of furan rings is 1. The monoisotopic (exact) mass is 384 g/mol. The number of rotatable bonds is 5. The number of ether oxygens (including phenoxy) is 2. The molecule has 1 fully saturated rings. The molecule has 2 aromatic carbocycles. The van der Waals surface area contributed by atoms with E-state index in [-0.39, 0.29) is 6.10 Å². The third-order valence-electron chi connectivity index (χ3n) is 4.62. The van der Waals surface area contributed by atoms with Crippen LogP contribution in [0.1, 0.15) is 18.4 Å². The van der Waals surface area contributed by atoms with E-state index in [4.69, 9.17) is 13.9 Å². The van der Waals surface area contributed by atoms with Crippen LogP contribution < -0.4 is 15.4 Å². The van der Waals surface area contributed by atoms with Crippen LogP contribution in [0.15, 0.2) is 53.1 Å². The minimum absolute atomic E-state index is 0.0548. The molecular weight excluding hydrogens is 363 g/mol. The highest BCUT2D eigenvalue weighted by Crippen LogP contribution is 2.28. The van der Waals surface area contributed by atoms with E-state index >= 15 is 0 Å². The zero-order valence-electron chi connectivity index (χ0n) is 15.2. The molecule has 4 rings (SSSR count). The first kappa shape index (κ1) is 18.3. The Morgan fingerprint density at radius 2 is 2.00 bits per heavy atom. The number of anilines is 1. The summed E-state index contributed by atoms with van der Waals surface area (Å²) in [6.45, 7) is 1.58. The van der Waals surface area contributed by atoms with Crippen molar-refractivity contribution in [3.05, 3.63) is 60.1 Å². The van der Waals surface area contributed by atoms with Crippen molar-refractivity contribution in [2.45, 2.75) is 25.5 Å². The second-order valence-electron chi connectivity index (χ2n) is 6.67. The molecule has 2 heterocycles. The second-order valence-corrected chi connectivity index (χ2v) is 6.67. The first-order valence-electron chi connectivity index (χ1n) is 9.22. The van der Waals surface area contributed by atoms with Crippen molar-refractivity contribution in [3.63, 3.8) is 0 Å². The van der Waals surface area contributed by atoms with E-state index in [2.05, 4.69) is 10.6 Å². The van der Waals surface area contributed by atoms with Gasteiger partial charge in [0.25, 0.3) is 0 Å². The molecule has 28 heavy (non-hydrogen) atoms. The van der Waals surface area contributed by atoms with Crippen LogP contribution in [0, 0.1) is 5.82 Å². The highest BCUT2D eigenvalue weighted by Gasteiger charge is 2.18. The van der Waals surface area contributed by atoms with Gasteiger partial charge in [-0.1, -0.05) is 6.07 Å². The number of carbonyl (C=O) groups is 1. The van der Waals surface area contributed by atoms with Gasteiger partial charge in [-0.3, -0.25) is 0 Å². The highest BCUT2D eigenvalue weighted by atomic mass is 19.1. The second kappa shape index (κ2) is 8.31. The molecule has 1 aliphatic rings. The normalized spacial score (nSPS) is 14.8. The first-order valence-corrected chi connectivity index (χ1v) is 9.22. The molecular formula is C21H21FN2O4. The van der Waals surface area contributed by atoms with Crippen LogP contribution >= 0.6 is 0 Å². The first-order chi connectivity index (χ1) is 13.7. The molecule has 1 aromatic heterocycles. The fourth-order valence-electron chi connectivity index (χ4n) is 3.15. The van der Waals surface area contributed by atoms with Crippen molar-refractivity contribution in [2.24, 2.45) is 0 Å². The van der Waals surface area contributed by atoms with Gasteiger partial charge in [-0.2, -0.15) is 0 Å². The highest BCUT2D eigenvalue weighted by molar-refractivity contribution is 5.91. The van der Waals surface area contributed by atoms with Crippen LogP contribution in [0.5, 0.6) is 5.75 Å². The van der Waals surface area contributed by atoms with Gasteiger partial charge < -0.3 is 24.5 Å². The number of carbonyl (C=O) groups excluding carboxylic acids is 1. The predicted molar refractivity (Wildman–Crippen MR) is 103 cm³/mol. The van der Waals surface area contributed by atoms with Crippen molar-refractivity contribution in [1.29, 1.82) is 0 Å².